The molecule has 0 saturated carbocycles. The summed E-state index contributed by atoms with van der Waals surface area (Å²) in [5.41, 5.74) is 0. The fourth-order valence-electron chi connectivity index (χ4n) is 2.92. The number of halogens is 1. The number of rotatable bonds is 8. The zero-order valence-electron chi connectivity index (χ0n) is 15.9. The minimum Gasteiger partial charge on any atom is -0.374 e. The quantitative estimate of drug-likeness (QED) is 0.669. The van der Waals surface area contributed by atoms with Crippen LogP contribution in [0.1, 0.15) is 20.8 Å². The smallest absolute Gasteiger partial charge is 0.241 e. The van der Waals surface area contributed by atoms with Crippen molar-refractivity contribution in [2.45, 2.75) is 37.8 Å². The molecule has 7 nitrogen and oxygen atoms in total. The van der Waals surface area contributed by atoms with Crippen LogP contribution in [0, 0.1) is 5.92 Å². The molecule has 152 valence electrons. The predicted molar refractivity (Wildman–Crippen MR) is 105 cm³/mol. The number of carbonyl (C=O) groups is 1. The van der Waals surface area contributed by atoms with Crippen molar-refractivity contribution in [1.29, 1.82) is 0 Å². The van der Waals surface area contributed by atoms with Crippen LogP contribution in [0.2, 0.25) is 5.02 Å². The molecular formula is C18H28ClN3O4S. The van der Waals surface area contributed by atoms with Gasteiger partial charge in [0.05, 0.1) is 23.6 Å². The third-order valence-electron chi connectivity index (χ3n) is 4.20. The third kappa shape index (κ3) is 7.04. The van der Waals surface area contributed by atoms with Gasteiger partial charge in [-0.25, -0.2) is 8.42 Å². The number of sulfonamides is 1. The van der Waals surface area contributed by atoms with Gasteiger partial charge in [-0.05, 0) is 37.1 Å². The SMILES string of the molecule is CC(C)CN1CCOC(CNC(=O)[C@H](C)NS(=O)(=O)c2ccc(Cl)cc2)C1. The van der Waals surface area contributed by atoms with Crippen molar-refractivity contribution in [3.05, 3.63) is 29.3 Å². The summed E-state index contributed by atoms with van der Waals surface area (Å²) >= 11 is 5.78. The highest BCUT2D eigenvalue weighted by Gasteiger charge is 2.25. The Morgan fingerprint density at radius 3 is 2.59 bits per heavy atom. The van der Waals surface area contributed by atoms with Gasteiger partial charge in [-0.15, -0.1) is 0 Å². The van der Waals surface area contributed by atoms with E-state index in [9.17, 15) is 13.2 Å². The van der Waals surface area contributed by atoms with Crippen LogP contribution in [0.25, 0.3) is 0 Å². The molecule has 27 heavy (non-hydrogen) atoms. The van der Waals surface area contributed by atoms with Crippen molar-refractivity contribution in [1.82, 2.24) is 14.9 Å². The van der Waals surface area contributed by atoms with E-state index in [0.717, 1.165) is 19.6 Å². The normalized spacial score (nSPS) is 19.8. The van der Waals surface area contributed by atoms with Gasteiger partial charge >= 0.3 is 0 Å². The number of nitrogens with one attached hydrogen (secondary N) is 2. The number of benzene rings is 1. The van der Waals surface area contributed by atoms with E-state index >= 15 is 0 Å². The molecule has 9 heteroatoms. The topological polar surface area (TPSA) is 87.7 Å². The average Bonchev–Trinajstić information content (AvgIpc) is 2.59. The maximum absolute atomic E-state index is 12.3. The van der Waals surface area contributed by atoms with Crippen molar-refractivity contribution < 1.29 is 17.9 Å². The van der Waals surface area contributed by atoms with E-state index in [-0.39, 0.29) is 11.0 Å². The number of carbonyl (C=O) groups excluding carboxylic acids is 1. The first-order valence-electron chi connectivity index (χ1n) is 9.07. The Bertz CT molecular complexity index is 725. The zero-order chi connectivity index (χ0) is 20.0. The van der Waals surface area contributed by atoms with Crippen LogP contribution in [0.4, 0.5) is 0 Å². The highest BCUT2D eigenvalue weighted by Crippen LogP contribution is 2.14. The summed E-state index contributed by atoms with van der Waals surface area (Å²) in [4.78, 5) is 14.7. The fraction of sp³-hybridized carbons (Fsp3) is 0.611. The minimum absolute atomic E-state index is 0.0616. The molecule has 1 unspecified atom stereocenters. The molecule has 2 N–H and O–H groups in total. The Kier molecular flexibility index (Phi) is 8.05. The number of morpholine rings is 1. The van der Waals surface area contributed by atoms with Gasteiger partial charge in [0, 0.05) is 31.2 Å². The highest BCUT2D eigenvalue weighted by atomic mass is 35.5. The zero-order valence-corrected chi connectivity index (χ0v) is 17.5. The largest absolute Gasteiger partial charge is 0.374 e. The summed E-state index contributed by atoms with van der Waals surface area (Å²) < 4.78 is 32.8. The lowest BCUT2D eigenvalue weighted by Gasteiger charge is -2.34. The maximum atomic E-state index is 12.3. The number of nitrogens with zero attached hydrogens (tertiary/aromatic N) is 1. The Labute approximate surface area is 166 Å². The number of hydrogen-bond donors (Lipinski definition) is 2. The van der Waals surface area contributed by atoms with E-state index in [2.05, 4.69) is 28.8 Å². The first kappa shape index (κ1) is 22.1. The molecule has 1 aliphatic heterocycles. The van der Waals surface area contributed by atoms with Crippen LogP contribution in [-0.4, -0.2) is 64.2 Å². The molecule has 0 bridgehead atoms. The Morgan fingerprint density at radius 2 is 1.96 bits per heavy atom. The Morgan fingerprint density at radius 1 is 1.30 bits per heavy atom. The van der Waals surface area contributed by atoms with Crippen LogP contribution in [0.15, 0.2) is 29.2 Å². The van der Waals surface area contributed by atoms with Crippen molar-refractivity contribution in [2.24, 2.45) is 5.92 Å². The van der Waals surface area contributed by atoms with Crippen LogP contribution < -0.4 is 10.0 Å². The molecule has 2 rings (SSSR count). The molecule has 0 radical (unpaired) electrons. The molecule has 1 saturated heterocycles. The predicted octanol–water partition coefficient (Wildman–Crippen LogP) is 1.48. The van der Waals surface area contributed by atoms with Gasteiger partial charge in [-0.1, -0.05) is 25.4 Å². The number of hydrogen-bond acceptors (Lipinski definition) is 5. The molecule has 0 aromatic heterocycles. The summed E-state index contributed by atoms with van der Waals surface area (Å²) in [5, 5.41) is 3.21. The lowest BCUT2D eigenvalue weighted by Crippen LogP contribution is -2.51. The van der Waals surface area contributed by atoms with Crippen molar-refractivity contribution in [2.75, 3.05) is 32.8 Å². The Hall–Kier alpha value is -1.19. The second-order valence-electron chi connectivity index (χ2n) is 7.19. The van der Waals surface area contributed by atoms with Gasteiger partial charge in [0.15, 0.2) is 0 Å². The second kappa shape index (κ2) is 9.84. The summed E-state index contributed by atoms with van der Waals surface area (Å²) in [7, 11) is -3.80. The molecule has 1 aromatic carbocycles. The van der Waals surface area contributed by atoms with Crippen LogP contribution >= 0.6 is 11.6 Å². The van der Waals surface area contributed by atoms with Crippen molar-refractivity contribution in [3.63, 3.8) is 0 Å². The summed E-state index contributed by atoms with van der Waals surface area (Å²) in [6, 6.07) is 4.87. The first-order valence-corrected chi connectivity index (χ1v) is 10.9. The lowest BCUT2D eigenvalue weighted by molar-refractivity contribution is -0.123. The van der Waals surface area contributed by atoms with Gasteiger partial charge in [0.25, 0.3) is 0 Å². The average molecular weight is 418 g/mol. The number of ether oxygens (including phenoxy) is 1. The van der Waals surface area contributed by atoms with Crippen molar-refractivity contribution in [3.8, 4) is 0 Å². The van der Waals surface area contributed by atoms with Gasteiger partial charge in [0.2, 0.25) is 15.9 Å². The molecule has 1 heterocycles. The molecule has 2 atom stereocenters. The molecule has 1 aliphatic rings. The fourth-order valence-corrected chi connectivity index (χ4v) is 4.25. The van der Waals surface area contributed by atoms with Crippen molar-refractivity contribution >= 4 is 27.5 Å². The Balaban J connectivity index is 1.83. The van der Waals surface area contributed by atoms with Gasteiger partial charge < -0.3 is 10.1 Å². The monoisotopic (exact) mass is 417 g/mol. The van der Waals surface area contributed by atoms with Gasteiger partial charge in [0.1, 0.15) is 0 Å². The molecular weight excluding hydrogens is 390 g/mol. The van der Waals surface area contributed by atoms with Crippen LogP contribution in [0.5, 0.6) is 0 Å². The first-order chi connectivity index (χ1) is 12.7. The summed E-state index contributed by atoms with van der Waals surface area (Å²) in [5.74, 6) is 0.178. The summed E-state index contributed by atoms with van der Waals surface area (Å²) in [6.45, 7) is 9.46. The molecule has 1 amide bonds. The van der Waals surface area contributed by atoms with E-state index in [0.29, 0.717) is 24.1 Å². The van der Waals surface area contributed by atoms with Crippen LogP contribution in [0.3, 0.4) is 0 Å². The van der Waals surface area contributed by atoms with Gasteiger partial charge in [-0.3, -0.25) is 9.69 Å². The minimum atomic E-state index is -3.80. The molecule has 0 aliphatic carbocycles. The van der Waals surface area contributed by atoms with E-state index in [4.69, 9.17) is 16.3 Å². The van der Waals surface area contributed by atoms with E-state index in [1.807, 2.05) is 0 Å². The van der Waals surface area contributed by atoms with E-state index in [1.54, 1.807) is 0 Å². The van der Waals surface area contributed by atoms with Gasteiger partial charge in [-0.2, -0.15) is 4.72 Å². The van der Waals surface area contributed by atoms with E-state index in [1.165, 1.54) is 31.2 Å². The lowest BCUT2D eigenvalue weighted by atomic mass is 10.2. The molecule has 1 fully saturated rings. The van der Waals surface area contributed by atoms with E-state index < -0.39 is 22.0 Å². The number of amides is 1. The standard InChI is InChI=1S/C18H28ClN3O4S/c1-13(2)11-22-8-9-26-16(12-22)10-20-18(23)14(3)21-27(24,25)17-6-4-15(19)5-7-17/h4-7,13-14,16,21H,8-12H2,1-3H3,(H,20,23)/t14-,16?/m0/s1. The highest BCUT2D eigenvalue weighted by molar-refractivity contribution is 7.89. The molecule has 1 aromatic rings. The maximum Gasteiger partial charge on any atom is 0.241 e. The molecule has 0 spiro atoms. The third-order valence-corrected chi connectivity index (χ3v) is 6.01. The second-order valence-corrected chi connectivity index (χ2v) is 9.34. The summed E-state index contributed by atoms with van der Waals surface area (Å²) in [6.07, 6.45) is -0.0958. The van der Waals surface area contributed by atoms with Crippen LogP contribution in [-0.2, 0) is 19.6 Å².